The van der Waals surface area contributed by atoms with Gasteiger partial charge in [0.2, 0.25) is 0 Å². The van der Waals surface area contributed by atoms with E-state index in [2.05, 4.69) is 0 Å². The van der Waals surface area contributed by atoms with Gasteiger partial charge in [0.25, 0.3) is 0 Å². The van der Waals surface area contributed by atoms with Gasteiger partial charge in [0.15, 0.2) is 0 Å². The maximum atomic E-state index is 6.25. The normalized spacial score (nSPS) is 0.800. The predicted octanol–water partition coefficient (Wildman–Crippen LogP) is 0.190. The van der Waals surface area contributed by atoms with Crippen LogP contribution in [0.1, 0.15) is 0 Å². The van der Waals surface area contributed by atoms with E-state index in [9.17, 15) is 0 Å². The van der Waals surface area contributed by atoms with Gasteiger partial charge in [-0.05, 0) is 0 Å². The van der Waals surface area contributed by atoms with Crippen LogP contribution in [-0.4, -0.2) is 0 Å². The Morgan fingerprint density at radius 2 is 0.800 bits per heavy atom. The average molecular weight is 158 g/mol. The summed E-state index contributed by atoms with van der Waals surface area (Å²) in [5, 5.41) is 12.5. The standard InChI is InChI=1S/2CN.Pd/c2*1-2;/q2*-1;. The van der Waals surface area contributed by atoms with Crippen LogP contribution in [0, 0.1) is 23.7 Å². The van der Waals surface area contributed by atoms with E-state index in [1.807, 2.05) is 0 Å². The molecule has 30 valence electrons. The molecule has 0 aromatic rings. The minimum absolute atomic E-state index is 0. The molecule has 0 aromatic heterocycles. The van der Waals surface area contributed by atoms with Gasteiger partial charge in [-0.25, -0.2) is 0 Å². The molecule has 5 heavy (non-hydrogen) atoms. The van der Waals surface area contributed by atoms with E-state index < -0.39 is 0 Å². The van der Waals surface area contributed by atoms with Crippen LogP contribution in [0.15, 0.2) is 0 Å². The molecule has 0 saturated heterocycles. The fourth-order valence-electron chi connectivity index (χ4n) is 0. The van der Waals surface area contributed by atoms with E-state index in [0.29, 0.717) is 0 Å². The molecular formula is C2N2Pd-2. The van der Waals surface area contributed by atoms with E-state index in [0.717, 1.165) is 0 Å². The topological polar surface area (TPSA) is 47.6 Å². The molecule has 0 N–H and O–H groups in total. The molecule has 0 spiro atoms. The van der Waals surface area contributed by atoms with Gasteiger partial charge < -0.3 is 23.7 Å². The molecule has 0 rings (SSSR count). The first kappa shape index (κ1) is 22.8. The molecule has 2 nitrogen and oxygen atoms in total. The van der Waals surface area contributed by atoms with Crippen molar-refractivity contribution in [3.8, 4) is 0 Å². The van der Waals surface area contributed by atoms with E-state index in [1.54, 1.807) is 0 Å². The van der Waals surface area contributed by atoms with Crippen molar-refractivity contribution in [2.24, 2.45) is 0 Å². The summed E-state index contributed by atoms with van der Waals surface area (Å²) in [6.07, 6.45) is 0. The minimum atomic E-state index is 0. The zero-order chi connectivity index (χ0) is 4.00. The second kappa shape index (κ2) is 199. The van der Waals surface area contributed by atoms with E-state index in [-0.39, 0.29) is 20.4 Å². The molecule has 0 aromatic carbocycles. The second-order valence-corrected chi connectivity index (χ2v) is 0. The summed E-state index contributed by atoms with van der Waals surface area (Å²) < 4.78 is 0. The van der Waals surface area contributed by atoms with E-state index in [4.69, 9.17) is 23.7 Å². The summed E-state index contributed by atoms with van der Waals surface area (Å²) in [4.78, 5) is 0. The van der Waals surface area contributed by atoms with Crippen molar-refractivity contribution in [1.82, 2.24) is 0 Å². The summed E-state index contributed by atoms with van der Waals surface area (Å²) in [6, 6.07) is 0. The molecule has 0 amide bonds. The first-order chi connectivity index (χ1) is 2.00. The van der Waals surface area contributed by atoms with Gasteiger partial charge in [-0.15, -0.1) is 0 Å². The molecule has 3 heteroatoms. The van der Waals surface area contributed by atoms with Crippen LogP contribution in [0.4, 0.5) is 0 Å². The maximum absolute atomic E-state index is 6.25. The number of nitrogens with zero attached hydrogens (tertiary/aromatic N) is 2. The van der Waals surface area contributed by atoms with Crippen molar-refractivity contribution in [2.45, 2.75) is 0 Å². The van der Waals surface area contributed by atoms with Crippen LogP contribution in [0.25, 0.3) is 0 Å². The van der Waals surface area contributed by atoms with Crippen molar-refractivity contribution in [3.63, 3.8) is 0 Å². The number of hydrogen-bond donors (Lipinski definition) is 0. The zero-order valence-corrected chi connectivity index (χ0v) is 3.77. The number of rotatable bonds is 0. The van der Waals surface area contributed by atoms with Crippen LogP contribution in [0.5, 0.6) is 0 Å². The van der Waals surface area contributed by atoms with Crippen LogP contribution < -0.4 is 0 Å². The Hall–Kier alpha value is -0.358. The summed E-state index contributed by atoms with van der Waals surface area (Å²) in [6.45, 7) is 9.50. The van der Waals surface area contributed by atoms with Crippen molar-refractivity contribution in [3.05, 3.63) is 13.1 Å². The van der Waals surface area contributed by atoms with Gasteiger partial charge in [-0.3, -0.25) is 0 Å². The third-order valence-electron chi connectivity index (χ3n) is 0. The van der Waals surface area contributed by atoms with Crippen LogP contribution in [0.3, 0.4) is 0 Å². The Labute approximate surface area is 44.7 Å². The third-order valence-corrected chi connectivity index (χ3v) is 0. The van der Waals surface area contributed by atoms with Crippen LogP contribution in [-0.2, 0) is 20.4 Å². The largest absolute Gasteiger partial charge is 0.512 e. The fourth-order valence-corrected chi connectivity index (χ4v) is 0. The zero-order valence-electron chi connectivity index (χ0n) is 2.21. The molecule has 0 bridgehead atoms. The Balaban J connectivity index is -0.0000000133. The smallest absolute Gasteiger partial charge is 0 e. The van der Waals surface area contributed by atoms with Crippen LogP contribution >= 0.6 is 0 Å². The van der Waals surface area contributed by atoms with Gasteiger partial charge in [0.05, 0.1) is 0 Å². The molecule has 0 aliphatic rings. The van der Waals surface area contributed by atoms with Crippen molar-refractivity contribution in [1.29, 1.82) is 10.5 Å². The maximum Gasteiger partial charge on any atom is 0 e. The Morgan fingerprint density at radius 3 is 0.800 bits per heavy atom. The summed E-state index contributed by atoms with van der Waals surface area (Å²) >= 11 is 0. The summed E-state index contributed by atoms with van der Waals surface area (Å²) in [5.41, 5.74) is 0. The van der Waals surface area contributed by atoms with Gasteiger partial charge in [-0.1, -0.05) is 0 Å². The molecule has 0 heterocycles. The van der Waals surface area contributed by atoms with E-state index in [1.165, 1.54) is 0 Å². The first-order valence-electron chi connectivity index (χ1n) is 0.447. The summed E-state index contributed by atoms with van der Waals surface area (Å²) in [7, 11) is 0. The van der Waals surface area contributed by atoms with Crippen LogP contribution in [0.2, 0.25) is 0 Å². The molecule has 0 radical (unpaired) electrons. The Bertz CT molecular complexity index is 23.1. The molecular weight excluding hydrogens is 158 g/mol. The average Bonchev–Trinajstić information content (AvgIpc) is 1.50. The van der Waals surface area contributed by atoms with Gasteiger partial charge in [0.1, 0.15) is 0 Å². The third kappa shape index (κ3) is 76.8. The fraction of sp³-hybridized carbons (Fsp3) is 0. The van der Waals surface area contributed by atoms with Gasteiger partial charge in [-0.2, -0.15) is 0 Å². The van der Waals surface area contributed by atoms with E-state index >= 15 is 0 Å². The molecule has 0 aliphatic heterocycles. The van der Waals surface area contributed by atoms with Crippen molar-refractivity contribution >= 4 is 0 Å². The molecule has 0 atom stereocenters. The second-order valence-electron chi connectivity index (χ2n) is 0. The van der Waals surface area contributed by atoms with Gasteiger partial charge in [0, 0.05) is 20.4 Å². The Morgan fingerprint density at radius 1 is 0.800 bits per heavy atom. The predicted molar refractivity (Wildman–Crippen MR) is 9.94 cm³/mol. The Kier molecular flexibility index (Phi) is 908. The molecule has 0 saturated carbocycles. The quantitative estimate of drug-likeness (QED) is 0.373. The van der Waals surface area contributed by atoms with Crippen molar-refractivity contribution in [2.75, 3.05) is 0 Å². The molecule has 0 unspecified atom stereocenters. The molecule has 0 aliphatic carbocycles. The van der Waals surface area contributed by atoms with Crippen molar-refractivity contribution < 1.29 is 20.4 Å². The molecule has 0 fully saturated rings. The SMILES string of the molecule is [C-]#N.[C-]#N.[Pd]. The summed E-state index contributed by atoms with van der Waals surface area (Å²) in [5.74, 6) is 0. The first-order valence-corrected chi connectivity index (χ1v) is 0.447. The monoisotopic (exact) mass is 158 g/mol. The number of hydrogen-bond acceptors (Lipinski definition) is 2. The minimum Gasteiger partial charge on any atom is -0.512 e. The van der Waals surface area contributed by atoms with Gasteiger partial charge >= 0.3 is 0 Å².